The summed E-state index contributed by atoms with van der Waals surface area (Å²) in [6.07, 6.45) is 1.97. The van der Waals surface area contributed by atoms with Crippen molar-refractivity contribution < 1.29 is 18.7 Å². The zero-order chi connectivity index (χ0) is 19.1. The van der Waals surface area contributed by atoms with Gasteiger partial charge in [-0.2, -0.15) is 0 Å². The number of hydrogen-bond donors (Lipinski definition) is 2. The summed E-state index contributed by atoms with van der Waals surface area (Å²) < 4.78 is 18.5. The van der Waals surface area contributed by atoms with E-state index >= 15 is 0 Å². The first-order valence-corrected chi connectivity index (χ1v) is 8.13. The number of ether oxygens (including phenoxy) is 1. The fourth-order valence-electron chi connectivity index (χ4n) is 2.11. The van der Waals surface area contributed by atoms with Crippen LogP contribution in [0.4, 0.5) is 4.39 Å². The van der Waals surface area contributed by atoms with Crippen LogP contribution >= 0.6 is 0 Å². The zero-order valence-electron chi connectivity index (χ0n) is 14.9. The van der Waals surface area contributed by atoms with Crippen molar-refractivity contribution in [1.82, 2.24) is 10.9 Å². The molecule has 0 aromatic heterocycles. The maximum Gasteiger partial charge on any atom is 0.279 e. The van der Waals surface area contributed by atoms with Gasteiger partial charge in [0.15, 0.2) is 6.10 Å². The molecular formula is C20H21FN2O3. The predicted octanol–water partition coefficient (Wildman–Crippen LogP) is 3.07. The second-order valence-corrected chi connectivity index (χ2v) is 5.82. The van der Waals surface area contributed by atoms with Gasteiger partial charge in [0, 0.05) is 6.08 Å². The molecular weight excluding hydrogens is 335 g/mol. The quantitative estimate of drug-likeness (QED) is 0.639. The third-order valence-corrected chi connectivity index (χ3v) is 3.83. The molecule has 1 unspecified atom stereocenters. The lowest BCUT2D eigenvalue weighted by Gasteiger charge is -2.17. The van der Waals surface area contributed by atoms with E-state index in [9.17, 15) is 14.0 Å². The van der Waals surface area contributed by atoms with Crippen molar-refractivity contribution in [3.63, 3.8) is 0 Å². The standard InChI is InChI=1S/C20H21FN2O3/c1-13-5-4-6-18(14(13)2)26-15(3)20(25)23-22-19(24)12-9-16-7-10-17(21)11-8-16/h4-12,15H,1-3H3,(H,22,24)(H,23,25). The number of aryl methyl sites for hydroxylation is 1. The molecule has 2 aromatic carbocycles. The second-order valence-electron chi connectivity index (χ2n) is 5.82. The predicted molar refractivity (Wildman–Crippen MR) is 97.7 cm³/mol. The van der Waals surface area contributed by atoms with E-state index < -0.39 is 17.9 Å². The highest BCUT2D eigenvalue weighted by molar-refractivity contribution is 5.93. The molecule has 2 amide bonds. The van der Waals surface area contributed by atoms with Crippen LogP contribution in [0.15, 0.2) is 48.5 Å². The van der Waals surface area contributed by atoms with Crippen LogP contribution in [-0.2, 0) is 9.59 Å². The van der Waals surface area contributed by atoms with Crippen LogP contribution in [0.3, 0.4) is 0 Å². The minimum atomic E-state index is -0.781. The summed E-state index contributed by atoms with van der Waals surface area (Å²) in [6.45, 7) is 5.47. The Labute approximate surface area is 151 Å². The van der Waals surface area contributed by atoms with Gasteiger partial charge in [0.1, 0.15) is 11.6 Å². The SMILES string of the molecule is Cc1cccc(OC(C)C(=O)NNC(=O)C=Cc2ccc(F)cc2)c1C. The highest BCUT2D eigenvalue weighted by atomic mass is 19.1. The number of nitrogens with one attached hydrogen (secondary N) is 2. The molecule has 1 atom stereocenters. The van der Waals surface area contributed by atoms with Crippen molar-refractivity contribution >= 4 is 17.9 Å². The number of rotatable bonds is 5. The topological polar surface area (TPSA) is 67.4 Å². The Morgan fingerprint density at radius 3 is 2.46 bits per heavy atom. The zero-order valence-corrected chi connectivity index (χ0v) is 14.9. The first-order chi connectivity index (χ1) is 12.4. The molecule has 5 nitrogen and oxygen atoms in total. The van der Waals surface area contributed by atoms with Crippen molar-refractivity contribution in [3.8, 4) is 5.75 Å². The molecule has 2 aromatic rings. The van der Waals surface area contributed by atoms with Crippen LogP contribution in [0.25, 0.3) is 6.08 Å². The van der Waals surface area contributed by atoms with E-state index in [2.05, 4.69) is 10.9 Å². The van der Waals surface area contributed by atoms with Crippen molar-refractivity contribution in [2.45, 2.75) is 26.9 Å². The van der Waals surface area contributed by atoms with Gasteiger partial charge in [-0.25, -0.2) is 4.39 Å². The fourth-order valence-corrected chi connectivity index (χ4v) is 2.11. The van der Waals surface area contributed by atoms with Gasteiger partial charge in [0.25, 0.3) is 11.8 Å². The van der Waals surface area contributed by atoms with Crippen molar-refractivity contribution in [3.05, 3.63) is 71.0 Å². The van der Waals surface area contributed by atoms with Gasteiger partial charge >= 0.3 is 0 Å². The van der Waals surface area contributed by atoms with E-state index in [1.807, 2.05) is 26.0 Å². The molecule has 2 N–H and O–H groups in total. The number of hydrazine groups is 1. The molecule has 0 aliphatic rings. The lowest BCUT2D eigenvalue weighted by molar-refractivity contribution is -0.131. The Morgan fingerprint density at radius 1 is 1.08 bits per heavy atom. The van der Waals surface area contributed by atoms with Gasteiger partial charge in [-0.05, 0) is 61.7 Å². The average Bonchev–Trinajstić information content (AvgIpc) is 2.63. The van der Waals surface area contributed by atoms with Gasteiger partial charge in [0.05, 0.1) is 0 Å². The van der Waals surface area contributed by atoms with Gasteiger partial charge in [-0.1, -0.05) is 24.3 Å². The monoisotopic (exact) mass is 356 g/mol. The number of halogens is 1. The lowest BCUT2D eigenvalue weighted by atomic mass is 10.1. The average molecular weight is 356 g/mol. The van der Waals surface area contributed by atoms with E-state index in [0.29, 0.717) is 11.3 Å². The third kappa shape index (κ3) is 5.44. The van der Waals surface area contributed by atoms with Crippen LogP contribution in [0.1, 0.15) is 23.6 Å². The maximum absolute atomic E-state index is 12.8. The van der Waals surface area contributed by atoms with Crippen LogP contribution in [0.2, 0.25) is 0 Å². The second kappa shape index (κ2) is 8.80. The molecule has 136 valence electrons. The largest absolute Gasteiger partial charge is 0.481 e. The summed E-state index contributed by atoms with van der Waals surface area (Å²) in [5, 5.41) is 0. The molecule has 6 heteroatoms. The summed E-state index contributed by atoms with van der Waals surface area (Å²) in [4.78, 5) is 23.8. The van der Waals surface area contributed by atoms with E-state index in [1.165, 1.54) is 36.4 Å². The number of amides is 2. The van der Waals surface area contributed by atoms with E-state index in [4.69, 9.17) is 4.74 Å². The molecule has 0 bridgehead atoms. The van der Waals surface area contributed by atoms with Gasteiger partial charge in [0.2, 0.25) is 0 Å². The fraction of sp³-hybridized carbons (Fsp3) is 0.200. The van der Waals surface area contributed by atoms with Crippen LogP contribution < -0.4 is 15.6 Å². The molecule has 0 spiro atoms. The smallest absolute Gasteiger partial charge is 0.279 e. The Kier molecular flexibility index (Phi) is 6.49. The molecule has 0 radical (unpaired) electrons. The highest BCUT2D eigenvalue weighted by Gasteiger charge is 2.16. The van der Waals surface area contributed by atoms with E-state index in [1.54, 1.807) is 13.0 Å². The number of carbonyl (C=O) groups excluding carboxylic acids is 2. The van der Waals surface area contributed by atoms with Crippen LogP contribution in [0.5, 0.6) is 5.75 Å². The highest BCUT2D eigenvalue weighted by Crippen LogP contribution is 2.21. The minimum Gasteiger partial charge on any atom is -0.481 e. The molecule has 0 aliphatic heterocycles. The van der Waals surface area contributed by atoms with Crippen LogP contribution in [0, 0.1) is 19.7 Å². The third-order valence-electron chi connectivity index (χ3n) is 3.83. The number of carbonyl (C=O) groups is 2. The van der Waals surface area contributed by atoms with Gasteiger partial charge in [-0.3, -0.25) is 20.4 Å². The first kappa shape index (κ1) is 19.2. The summed E-state index contributed by atoms with van der Waals surface area (Å²) in [6, 6.07) is 11.3. The Balaban J connectivity index is 1.84. The molecule has 0 heterocycles. The molecule has 26 heavy (non-hydrogen) atoms. The van der Waals surface area contributed by atoms with Crippen molar-refractivity contribution in [2.75, 3.05) is 0 Å². The summed E-state index contributed by atoms with van der Waals surface area (Å²) in [7, 11) is 0. The molecule has 0 saturated heterocycles. The minimum absolute atomic E-state index is 0.350. The summed E-state index contributed by atoms with van der Waals surface area (Å²) in [5.41, 5.74) is 7.27. The van der Waals surface area contributed by atoms with E-state index in [-0.39, 0.29) is 5.82 Å². The molecule has 2 rings (SSSR count). The molecule has 0 saturated carbocycles. The first-order valence-electron chi connectivity index (χ1n) is 8.13. The van der Waals surface area contributed by atoms with Crippen molar-refractivity contribution in [2.24, 2.45) is 0 Å². The number of hydrogen-bond acceptors (Lipinski definition) is 3. The Hall–Kier alpha value is -3.15. The summed E-state index contributed by atoms with van der Waals surface area (Å²) >= 11 is 0. The Morgan fingerprint density at radius 2 is 1.77 bits per heavy atom. The van der Waals surface area contributed by atoms with Crippen molar-refractivity contribution in [1.29, 1.82) is 0 Å². The van der Waals surface area contributed by atoms with Gasteiger partial charge < -0.3 is 4.74 Å². The van der Waals surface area contributed by atoms with Crippen LogP contribution in [-0.4, -0.2) is 17.9 Å². The summed E-state index contributed by atoms with van der Waals surface area (Å²) in [5.74, 6) is -0.720. The van der Waals surface area contributed by atoms with Gasteiger partial charge in [-0.15, -0.1) is 0 Å². The normalized spacial score (nSPS) is 11.8. The van der Waals surface area contributed by atoms with E-state index in [0.717, 1.165) is 11.1 Å². The molecule has 0 aliphatic carbocycles. The maximum atomic E-state index is 12.8. The number of benzene rings is 2. The lowest BCUT2D eigenvalue weighted by Crippen LogP contribution is -2.46. The Bertz CT molecular complexity index is 816. The molecule has 0 fully saturated rings.